The van der Waals surface area contributed by atoms with E-state index in [1.165, 1.54) is 12.1 Å². The van der Waals surface area contributed by atoms with Crippen molar-refractivity contribution in [1.82, 2.24) is 10.6 Å². The number of nitrogens with one attached hydrogen (secondary N) is 3. The van der Waals surface area contributed by atoms with Crippen molar-refractivity contribution < 1.29 is 14.6 Å². The Kier molecular flexibility index (Phi) is 7.79. The Labute approximate surface area is 153 Å². The minimum atomic E-state index is -0.242. The number of rotatable bonds is 8. The maximum Gasteiger partial charge on any atom is 0.246 e. The van der Waals surface area contributed by atoms with Crippen molar-refractivity contribution in [3.8, 4) is 11.5 Å². The van der Waals surface area contributed by atoms with E-state index in [4.69, 9.17) is 4.74 Å². The molecule has 0 atom stereocenters. The Balaban J connectivity index is 1.75. The van der Waals surface area contributed by atoms with Gasteiger partial charge in [0.15, 0.2) is 5.96 Å². The van der Waals surface area contributed by atoms with E-state index in [0.717, 1.165) is 5.75 Å². The number of hydrogen-bond acceptors (Lipinski definition) is 4. The second-order valence-corrected chi connectivity index (χ2v) is 5.38. The molecule has 0 spiro atoms. The highest BCUT2D eigenvalue weighted by molar-refractivity contribution is 5.94. The summed E-state index contributed by atoms with van der Waals surface area (Å²) in [5.74, 6) is 1.26. The van der Waals surface area contributed by atoms with Gasteiger partial charge in [-0.2, -0.15) is 0 Å². The number of nitrogens with zero attached hydrogens (tertiary/aromatic N) is 1. The summed E-state index contributed by atoms with van der Waals surface area (Å²) >= 11 is 0. The van der Waals surface area contributed by atoms with Gasteiger partial charge in [-0.15, -0.1) is 0 Å². The summed E-state index contributed by atoms with van der Waals surface area (Å²) < 4.78 is 5.60. The number of benzene rings is 2. The van der Waals surface area contributed by atoms with Gasteiger partial charge in [0.1, 0.15) is 24.7 Å². The minimum absolute atomic E-state index is 0.0181. The molecule has 7 heteroatoms. The van der Waals surface area contributed by atoms with Crippen LogP contribution in [0.2, 0.25) is 0 Å². The monoisotopic (exact) mass is 356 g/mol. The second kappa shape index (κ2) is 10.6. The molecule has 0 aliphatic heterocycles. The molecule has 0 saturated heterocycles. The van der Waals surface area contributed by atoms with Crippen molar-refractivity contribution in [2.45, 2.75) is 6.92 Å². The number of aromatic hydroxyl groups is 1. The number of ether oxygens (including phenoxy) is 1. The molecule has 2 rings (SSSR count). The van der Waals surface area contributed by atoms with Gasteiger partial charge in [0.05, 0.1) is 6.54 Å². The van der Waals surface area contributed by atoms with Gasteiger partial charge in [-0.3, -0.25) is 4.79 Å². The largest absolute Gasteiger partial charge is 0.508 e. The molecular formula is C19H24N4O3. The SMILES string of the molecule is CCNC(=NCC(=O)Nc1ccc(O)cc1)NCCOc1ccccc1. The fraction of sp³-hybridized carbons (Fsp3) is 0.263. The topological polar surface area (TPSA) is 95.0 Å². The lowest BCUT2D eigenvalue weighted by molar-refractivity contribution is -0.114. The first-order valence-corrected chi connectivity index (χ1v) is 8.46. The Morgan fingerprint density at radius 2 is 1.81 bits per heavy atom. The van der Waals surface area contributed by atoms with Crippen molar-refractivity contribution >= 4 is 17.6 Å². The smallest absolute Gasteiger partial charge is 0.246 e. The van der Waals surface area contributed by atoms with Crippen molar-refractivity contribution in [2.24, 2.45) is 4.99 Å². The zero-order chi connectivity index (χ0) is 18.6. The van der Waals surface area contributed by atoms with E-state index in [0.29, 0.717) is 31.3 Å². The van der Waals surface area contributed by atoms with Crippen molar-refractivity contribution in [2.75, 3.05) is 31.6 Å². The number of anilines is 1. The number of phenols is 1. The second-order valence-electron chi connectivity index (χ2n) is 5.38. The predicted octanol–water partition coefficient (Wildman–Crippen LogP) is 1.96. The van der Waals surface area contributed by atoms with Crippen LogP contribution in [0.25, 0.3) is 0 Å². The first-order chi connectivity index (χ1) is 12.7. The molecule has 7 nitrogen and oxygen atoms in total. The molecule has 0 aromatic heterocycles. The fourth-order valence-electron chi connectivity index (χ4n) is 2.09. The lowest BCUT2D eigenvalue weighted by Gasteiger charge is -2.12. The van der Waals surface area contributed by atoms with Crippen molar-refractivity contribution in [1.29, 1.82) is 0 Å². The maximum absolute atomic E-state index is 12.0. The molecule has 4 N–H and O–H groups in total. The van der Waals surface area contributed by atoms with E-state index in [9.17, 15) is 9.90 Å². The molecule has 138 valence electrons. The zero-order valence-corrected chi connectivity index (χ0v) is 14.7. The minimum Gasteiger partial charge on any atom is -0.508 e. The quantitative estimate of drug-likeness (QED) is 0.251. The first-order valence-electron chi connectivity index (χ1n) is 8.46. The average molecular weight is 356 g/mol. The van der Waals surface area contributed by atoms with Crippen LogP contribution in [0.15, 0.2) is 59.6 Å². The number of amides is 1. The van der Waals surface area contributed by atoms with E-state index >= 15 is 0 Å². The Hall–Kier alpha value is -3.22. The summed E-state index contributed by atoms with van der Waals surface area (Å²) in [6.45, 7) is 3.66. The first kappa shape index (κ1) is 19.1. The Morgan fingerprint density at radius 3 is 2.50 bits per heavy atom. The molecule has 0 heterocycles. The third kappa shape index (κ3) is 7.12. The summed E-state index contributed by atoms with van der Waals surface area (Å²) in [7, 11) is 0. The standard InChI is InChI=1S/C19H24N4O3/c1-2-20-19(21-12-13-26-17-6-4-3-5-7-17)22-14-18(25)23-15-8-10-16(24)11-9-15/h3-11,24H,2,12-14H2,1H3,(H,23,25)(H2,20,21,22). The highest BCUT2D eigenvalue weighted by Crippen LogP contribution is 2.13. The molecule has 2 aromatic rings. The van der Waals surface area contributed by atoms with Crippen LogP contribution in [-0.2, 0) is 4.79 Å². The molecule has 1 amide bonds. The summed E-state index contributed by atoms with van der Waals surface area (Å²) in [5, 5.41) is 18.2. The number of phenolic OH excluding ortho intramolecular Hbond substituents is 1. The number of carbonyl (C=O) groups excluding carboxylic acids is 1. The van der Waals surface area contributed by atoms with E-state index < -0.39 is 0 Å². The number of carbonyl (C=O) groups is 1. The average Bonchev–Trinajstić information content (AvgIpc) is 2.66. The third-order valence-corrected chi connectivity index (χ3v) is 3.28. The number of hydrogen-bond donors (Lipinski definition) is 4. The molecule has 0 fully saturated rings. The molecule has 2 aromatic carbocycles. The van der Waals surface area contributed by atoms with Gasteiger partial charge >= 0.3 is 0 Å². The molecule has 0 radical (unpaired) electrons. The van der Waals surface area contributed by atoms with Crippen LogP contribution in [0.4, 0.5) is 5.69 Å². The van der Waals surface area contributed by atoms with Crippen LogP contribution in [0, 0.1) is 0 Å². The van der Waals surface area contributed by atoms with Gasteiger partial charge in [-0.05, 0) is 43.3 Å². The van der Waals surface area contributed by atoms with Crippen LogP contribution < -0.4 is 20.7 Å². The lowest BCUT2D eigenvalue weighted by Crippen LogP contribution is -2.39. The van der Waals surface area contributed by atoms with Crippen LogP contribution in [-0.4, -0.2) is 43.2 Å². The van der Waals surface area contributed by atoms with Gasteiger partial charge in [-0.1, -0.05) is 18.2 Å². The van der Waals surface area contributed by atoms with E-state index in [2.05, 4.69) is 20.9 Å². The van der Waals surface area contributed by atoms with Crippen molar-refractivity contribution in [3.63, 3.8) is 0 Å². The molecule has 0 saturated carbocycles. The zero-order valence-electron chi connectivity index (χ0n) is 14.7. The highest BCUT2D eigenvalue weighted by atomic mass is 16.5. The number of guanidine groups is 1. The van der Waals surface area contributed by atoms with Gasteiger partial charge in [0, 0.05) is 12.2 Å². The predicted molar refractivity (Wildman–Crippen MR) is 103 cm³/mol. The fourth-order valence-corrected chi connectivity index (χ4v) is 2.09. The summed E-state index contributed by atoms with van der Waals surface area (Å²) in [4.78, 5) is 16.2. The Morgan fingerprint density at radius 1 is 1.08 bits per heavy atom. The number of aliphatic imine (C=N–C) groups is 1. The van der Waals surface area contributed by atoms with E-state index in [1.54, 1.807) is 12.1 Å². The van der Waals surface area contributed by atoms with Gasteiger partial charge in [0.25, 0.3) is 0 Å². The molecule has 26 heavy (non-hydrogen) atoms. The summed E-state index contributed by atoms with van der Waals surface area (Å²) in [6, 6.07) is 15.8. The molecule has 0 bridgehead atoms. The van der Waals surface area contributed by atoms with E-state index in [1.807, 2.05) is 37.3 Å². The van der Waals surface area contributed by atoms with Gasteiger partial charge in [-0.25, -0.2) is 4.99 Å². The molecule has 0 aliphatic carbocycles. The van der Waals surface area contributed by atoms with Crippen molar-refractivity contribution in [3.05, 3.63) is 54.6 Å². The lowest BCUT2D eigenvalue weighted by atomic mass is 10.3. The highest BCUT2D eigenvalue weighted by Gasteiger charge is 2.03. The van der Waals surface area contributed by atoms with E-state index in [-0.39, 0.29) is 18.2 Å². The number of para-hydroxylation sites is 1. The van der Waals surface area contributed by atoms with Crippen LogP contribution >= 0.6 is 0 Å². The normalized spacial score (nSPS) is 10.9. The molecule has 0 aliphatic rings. The summed E-state index contributed by atoms with van der Waals surface area (Å²) in [6.07, 6.45) is 0. The van der Waals surface area contributed by atoms with Gasteiger partial charge < -0.3 is 25.8 Å². The summed E-state index contributed by atoms with van der Waals surface area (Å²) in [5.41, 5.74) is 0.609. The van der Waals surface area contributed by atoms with Gasteiger partial charge in [0.2, 0.25) is 5.91 Å². The van der Waals surface area contributed by atoms with Crippen LogP contribution in [0.5, 0.6) is 11.5 Å². The maximum atomic E-state index is 12.0. The third-order valence-electron chi connectivity index (χ3n) is 3.28. The Bertz CT molecular complexity index is 702. The van der Waals surface area contributed by atoms with Crippen LogP contribution in [0.1, 0.15) is 6.92 Å². The van der Waals surface area contributed by atoms with Crippen LogP contribution in [0.3, 0.4) is 0 Å². The molecule has 0 unspecified atom stereocenters. The molecular weight excluding hydrogens is 332 g/mol.